The first-order valence-corrected chi connectivity index (χ1v) is 17.5. The second-order valence-electron chi connectivity index (χ2n) is 12.4. The van der Waals surface area contributed by atoms with E-state index >= 15 is 0 Å². The molecule has 2 aliphatic heterocycles. The standard InChI is InChI=1S/C36H49N2O6P/c1-6-42-26-16-28-44-45(40,41)43-27-15-24-38-32-20-13-11-18-30(32)36(4,5)34(38)22-9-7-8-21-33-35(2,3)29-17-10-12-19-31(29)37(33)23-14-25-39/h7-13,17-22,39H,6,14-16,23-28H2,1-5H3/p+1. The Morgan fingerprint density at radius 3 is 2.29 bits per heavy atom. The number of para-hydroxylation sites is 2. The molecule has 0 aliphatic carbocycles. The topological polar surface area (TPSA) is 91.5 Å². The van der Waals surface area contributed by atoms with Gasteiger partial charge in [-0.3, -0.25) is 9.05 Å². The molecular weight excluding hydrogens is 587 g/mol. The lowest BCUT2D eigenvalue weighted by molar-refractivity contribution is -0.438. The molecule has 0 bridgehead atoms. The van der Waals surface area contributed by atoms with Crippen molar-refractivity contribution < 1.29 is 32.9 Å². The molecule has 0 saturated carbocycles. The molecule has 0 fully saturated rings. The summed E-state index contributed by atoms with van der Waals surface area (Å²) in [6.07, 6.45) is 12.4. The minimum atomic E-state index is -4.11. The molecule has 0 amide bonds. The maximum absolute atomic E-state index is 12.3. The van der Waals surface area contributed by atoms with Crippen molar-refractivity contribution in [2.24, 2.45) is 0 Å². The molecule has 9 heteroatoms. The summed E-state index contributed by atoms with van der Waals surface area (Å²) < 4.78 is 30.2. The number of aliphatic hydroxyl groups excluding tert-OH is 1. The van der Waals surface area contributed by atoms with Crippen LogP contribution in [0.15, 0.2) is 84.6 Å². The number of nitrogens with zero attached hydrogens (tertiary/aromatic N) is 2. The number of fused-ring (bicyclic) bond motifs is 2. The molecule has 8 nitrogen and oxygen atoms in total. The van der Waals surface area contributed by atoms with Crippen LogP contribution in [-0.2, 0) is 29.2 Å². The van der Waals surface area contributed by atoms with E-state index in [1.165, 1.54) is 22.5 Å². The van der Waals surface area contributed by atoms with Crippen molar-refractivity contribution in [3.8, 4) is 0 Å². The number of allylic oxidation sites excluding steroid dienone is 6. The van der Waals surface area contributed by atoms with E-state index in [0.717, 1.165) is 17.9 Å². The zero-order valence-electron chi connectivity index (χ0n) is 27.4. The molecule has 45 heavy (non-hydrogen) atoms. The summed E-state index contributed by atoms with van der Waals surface area (Å²) in [5.74, 6) is 0. The molecule has 0 spiro atoms. The number of rotatable bonds is 17. The minimum Gasteiger partial charge on any atom is -0.396 e. The molecular formula is C36H50N2O6P+. The molecule has 2 N–H and O–H groups in total. The van der Waals surface area contributed by atoms with Gasteiger partial charge in [0.15, 0.2) is 12.3 Å². The molecule has 2 heterocycles. The van der Waals surface area contributed by atoms with Crippen LogP contribution in [-0.4, -0.2) is 66.4 Å². The highest BCUT2D eigenvalue weighted by molar-refractivity contribution is 7.47. The van der Waals surface area contributed by atoms with Crippen molar-refractivity contribution in [2.75, 3.05) is 51.0 Å². The normalized spacial score (nSPS) is 19.2. The number of hydrogen-bond donors (Lipinski definition) is 2. The van der Waals surface area contributed by atoms with E-state index in [1.807, 2.05) is 13.0 Å². The van der Waals surface area contributed by atoms with Gasteiger partial charge in [0.2, 0.25) is 5.69 Å². The Morgan fingerprint density at radius 2 is 1.56 bits per heavy atom. The average Bonchev–Trinajstić information content (AvgIpc) is 3.36. The van der Waals surface area contributed by atoms with Crippen LogP contribution in [0.5, 0.6) is 0 Å². The fraction of sp³-hybridized carbons (Fsp3) is 0.472. The molecule has 2 aliphatic rings. The van der Waals surface area contributed by atoms with E-state index in [9.17, 15) is 14.6 Å². The summed E-state index contributed by atoms with van der Waals surface area (Å²) in [5, 5.41) is 9.51. The Kier molecular flexibility index (Phi) is 12.2. The van der Waals surface area contributed by atoms with Gasteiger partial charge < -0.3 is 19.6 Å². The lowest BCUT2D eigenvalue weighted by atomic mass is 9.81. The van der Waals surface area contributed by atoms with Gasteiger partial charge in [0.05, 0.1) is 18.6 Å². The fourth-order valence-electron chi connectivity index (χ4n) is 6.28. The molecule has 1 unspecified atom stereocenters. The van der Waals surface area contributed by atoms with E-state index < -0.39 is 7.82 Å². The number of phosphoric acid groups is 1. The predicted molar refractivity (Wildman–Crippen MR) is 182 cm³/mol. The first-order chi connectivity index (χ1) is 21.5. The monoisotopic (exact) mass is 637 g/mol. The third-order valence-electron chi connectivity index (χ3n) is 8.54. The van der Waals surface area contributed by atoms with Crippen LogP contribution in [0.3, 0.4) is 0 Å². The largest absolute Gasteiger partial charge is 0.472 e. The lowest BCUT2D eigenvalue weighted by Crippen LogP contribution is -2.28. The third-order valence-corrected chi connectivity index (χ3v) is 9.56. The zero-order chi connectivity index (χ0) is 32.5. The minimum absolute atomic E-state index is 0.105. The van der Waals surface area contributed by atoms with Crippen LogP contribution in [0.2, 0.25) is 0 Å². The maximum Gasteiger partial charge on any atom is 0.472 e. The molecule has 2 aromatic rings. The van der Waals surface area contributed by atoms with Gasteiger partial charge in [0.25, 0.3) is 0 Å². The molecule has 244 valence electrons. The van der Waals surface area contributed by atoms with E-state index in [2.05, 4.69) is 110 Å². The average molecular weight is 638 g/mol. The zero-order valence-corrected chi connectivity index (χ0v) is 28.3. The fourth-order valence-corrected chi connectivity index (χ4v) is 7.07. The van der Waals surface area contributed by atoms with Crippen molar-refractivity contribution in [1.82, 2.24) is 0 Å². The summed E-state index contributed by atoms with van der Waals surface area (Å²) in [7, 11) is -4.11. The Morgan fingerprint density at radius 1 is 0.867 bits per heavy atom. The van der Waals surface area contributed by atoms with Crippen molar-refractivity contribution >= 4 is 24.9 Å². The number of hydrogen-bond acceptors (Lipinski definition) is 6. The molecule has 0 aromatic heterocycles. The quantitative estimate of drug-likeness (QED) is 0.0821. The number of aliphatic hydroxyl groups is 1. The first-order valence-electron chi connectivity index (χ1n) is 16.0. The van der Waals surface area contributed by atoms with Gasteiger partial charge >= 0.3 is 7.82 Å². The summed E-state index contributed by atoms with van der Waals surface area (Å²) >= 11 is 0. The van der Waals surface area contributed by atoms with Crippen molar-refractivity contribution in [3.63, 3.8) is 0 Å². The van der Waals surface area contributed by atoms with Gasteiger partial charge in [-0.25, -0.2) is 4.57 Å². The Balaban J connectivity index is 1.47. The maximum atomic E-state index is 12.3. The van der Waals surface area contributed by atoms with Crippen LogP contribution in [0.25, 0.3) is 0 Å². The smallest absolute Gasteiger partial charge is 0.396 e. The van der Waals surface area contributed by atoms with Crippen molar-refractivity contribution in [2.45, 2.75) is 64.7 Å². The highest BCUT2D eigenvalue weighted by atomic mass is 31.2. The van der Waals surface area contributed by atoms with E-state index in [-0.39, 0.29) is 30.7 Å². The van der Waals surface area contributed by atoms with E-state index in [4.69, 9.17) is 13.8 Å². The molecule has 0 radical (unpaired) electrons. The lowest BCUT2D eigenvalue weighted by Gasteiger charge is -2.26. The highest BCUT2D eigenvalue weighted by Gasteiger charge is 2.44. The van der Waals surface area contributed by atoms with Crippen LogP contribution in [0.4, 0.5) is 11.4 Å². The van der Waals surface area contributed by atoms with Gasteiger partial charge in [-0.2, -0.15) is 4.58 Å². The van der Waals surface area contributed by atoms with Gasteiger partial charge in [0, 0.05) is 67.3 Å². The van der Waals surface area contributed by atoms with Crippen LogP contribution >= 0.6 is 7.82 Å². The van der Waals surface area contributed by atoms with Crippen molar-refractivity contribution in [3.05, 3.63) is 95.7 Å². The third kappa shape index (κ3) is 8.31. The summed E-state index contributed by atoms with van der Waals surface area (Å²) in [4.78, 5) is 12.4. The summed E-state index contributed by atoms with van der Waals surface area (Å²) in [6.45, 7) is 13.7. The Hall–Kier alpha value is -2.84. The van der Waals surface area contributed by atoms with Gasteiger partial charge in [-0.1, -0.05) is 68.5 Å². The summed E-state index contributed by atoms with van der Waals surface area (Å²) in [5.41, 5.74) is 6.89. The van der Waals surface area contributed by atoms with E-state index in [0.29, 0.717) is 39.0 Å². The highest BCUT2D eigenvalue weighted by Crippen LogP contribution is 2.47. The number of benzene rings is 2. The molecule has 2 aromatic carbocycles. The molecule has 4 rings (SSSR count). The Labute approximate surface area is 269 Å². The second kappa shape index (κ2) is 15.6. The SMILES string of the molecule is CCOCCCOP(=O)(O)OCCC[N+]1=C(/C=C/C=C/C=C2/N(CCCO)c3ccccc3C2(C)C)C(C)(C)c2ccccc21. The Bertz CT molecular complexity index is 1480. The molecule has 0 saturated heterocycles. The molecule has 1 atom stereocenters. The number of anilines is 1. The number of ether oxygens (including phenoxy) is 1. The van der Waals surface area contributed by atoms with Gasteiger partial charge in [-0.05, 0) is 51.3 Å². The summed E-state index contributed by atoms with van der Waals surface area (Å²) in [6, 6.07) is 16.9. The van der Waals surface area contributed by atoms with Crippen molar-refractivity contribution in [1.29, 1.82) is 0 Å². The van der Waals surface area contributed by atoms with Crippen LogP contribution < -0.4 is 4.90 Å². The predicted octanol–water partition coefficient (Wildman–Crippen LogP) is 7.19. The van der Waals surface area contributed by atoms with Crippen LogP contribution in [0, 0.1) is 0 Å². The van der Waals surface area contributed by atoms with E-state index in [1.54, 1.807) is 0 Å². The number of phosphoric ester groups is 1. The van der Waals surface area contributed by atoms with Gasteiger partial charge in [0.1, 0.15) is 0 Å². The first kappa shape index (κ1) is 35.0. The van der Waals surface area contributed by atoms with Gasteiger partial charge in [-0.15, -0.1) is 0 Å². The van der Waals surface area contributed by atoms with Crippen LogP contribution in [0.1, 0.15) is 65.0 Å². The second-order valence-corrected chi connectivity index (χ2v) is 13.8.